The van der Waals surface area contributed by atoms with Crippen molar-refractivity contribution in [2.45, 2.75) is 30.5 Å². The first kappa shape index (κ1) is 9.08. The molecule has 2 heteroatoms. The van der Waals surface area contributed by atoms with Crippen molar-refractivity contribution < 1.29 is 18.9 Å². The quantitative estimate of drug-likeness (QED) is 0.261. The number of halogens is 1. The van der Waals surface area contributed by atoms with Gasteiger partial charge in [-0.25, -0.2) is 0 Å². The SMILES string of the molecule is BrC1CC[CH-]CC1.[Li+]. The average Bonchev–Trinajstić information content (AvgIpc) is 1.69. The van der Waals surface area contributed by atoms with E-state index in [0.29, 0.717) is 0 Å². The summed E-state index contributed by atoms with van der Waals surface area (Å²) in [6.07, 6.45) is 7.70. The van der Waals surface area contributed by atoms with Gasteiger partial charge in [0.15, 0.2) is 0 Å². The van der Waals surface area contributed by atoms with E-state index >= 15 is 0 Å². The fourth-order valence-corrected chi connectivity index (χ4v) is 1.41. The fraction of sp³-hybridized carbons (Fsp3) is 0.833. The minimum atomic E-state index is 0. The van der Waals surface area contributed by atoms with Gasteiger partial charge in [-0.2, -0.15) is 12.8 Å². The van der Waals surface area contributed by atoms with E-state index in [1.54, 1.807) is 0 Å². The smallest absolute Gasteiger partial charge is 0.328 e. The summed E-state index contributed by atoms with van der Waals surface area (Å²) in [6.45, 7) is 0. The van der Waals surface area contributed by atoms with Crippen LogP contribution in [0.2, 0.25) is 0 Å². The minimum Gasteiger partial charge on any atom is -0.328 e. The third-order valence-electron chi connectivity index (χ3n) is 1.37. The first-order valence-electron chi connectivity index (χ1n) is 2.85. The topological polar surface area (TPSA) is 0 Å². The summed E-state index contributed by atoms with van der Waals surface area (Å²) in [6, 6.07) is 0. The molecule has 0 spiro atoms. The van der Waals surface area contributed by atoms with E-state index in [1.807, 2.05) is 0 Å². The van der Waals surface area contributed by atoms with E-state index in [4.69, 9.17) is 0 Å². The molecule has 8 heavy (non-hydrogen) atoms. The maximum Gasteiger partial charge on any atom is 1.00 e. The molecule has 42 valence electrons. The minimum absolute atomic E-state index is 0. The number of hydrogen-bond acceptors (Lipinski definition) is 0. The van der Waals surface area contributed by atoms with Gasteiger partial charge in [0.05, 0.1) is 0 Å². The Kier molecular flexibility index (Phi) is 5.57. The van der Waals surface area contributed by atoms with Crippen molar-refractivity contribution in [3.8, 4) is 0 Å². The van der Waals surface area contributed by atoms with Crippen LogP contribution < -0.4 is 18.9 Å². The Labute approximate surface area is 71.7 Å². The molecule has 1 rings (SSSR count). The normalized spacial score (nSPS) is 22.1. The van der Waals surface area contributed by atoms with E-state index < -0.39 is 0 Å². The van der Waals surface area contributed by atoms with E-state index in [2.05, 4.69) is 22.4 Å². The van der Waals surface area contributed by atoms with Gasteiger partial charge in [0.25, 0.3) is 0 Å². The summed E-state index contributed by atoms with van der Waals surface area (Å²) >= 11 is 3.57. The Morgan fingerprint density at radius 3 is 2.00 bits per heavy atom. The molecule has 1 fully saturated rings. The van der Waals surface area contributed by atoms with E-state index in [1.165, 1.54) is 25.7 Å². The second kappa shape index (κ2) is 4.91. The van der Waals surface area contributed by atoms with Crippen LogP contribution >= 0.6 is 15.9 Å². The van der Waals surface area contributed by atoms with Gasteiger partial charge in [0.2, 0.25) is 0 Å². The van der Waals surface area contributed by atoms with Gasteiger partial charge < -0.3 is 6.42 Å². The second-order valence-electron chi connectivity index (χ2n) is 2.04. The van der Waals surface area contributed by atoms with Crippen LogP contribution in [0.3, 0.4) is 0 Å². The van der Waals surface area contributed by atoms with Crippen LogP contribution in [-0.2, 0) is 0 Å². The summed E-state index contributed by atoms with van der Waals surface area (Å²) < 4.78 is 0. The van der Waals surface area contributed by atoms with E-state index in [9.17, 15) is 0 Å². The average molecular weight is 169 g/mol. The third-order valence-corrected chi connectivity index (χ3v) is 2.28. The van der Waals surface area contributed by atoms with Crippen molar-refractivity contribution in [3.05, 3.63) is 6.42 Å². The van der Waals surface area contributed by atoms with Crippen molar-refractivity contribution in [2.75, 3.05) is 0 Å². The molecule has 0 unspecified atom stereocenters. The molecule has 0 radical (unpaired) electrons. The van der Waals surface area contributed by atoms with Gasteiger partial charge in [0.1, 0.15) is 0 Å². The number of alkyl halides is 1. The molecule has 0 saturated heterocycles. The second-order valence-corrected chi connectivity index (χ2v) is 3.34. The molecule has 1 aliphatic carbocycles. The molecule has 0 N–H and O–H groups in total. The summed E-state index contributed by atoms with van der Waals surface area (Å²) in [5.74, 6) is 0. The Morgan fingerprint density at radius 1 is 1.25 bits per heavy atom. The van der Waals surface area contributed by atoms with Crippen molar-refractivity contribution in [1.29, 1.82) is 0 Å². The molecule has 1 aliphatic rings. The first-order valence-corrected chi connectivity index (χ1v) is 3.77. The van der Waals surface area contributed by atoms with Crippen molar-refractivity contribution in [2.24, 2.45) is 0 Å². The van der Waals surface area contributed by atoms with Crippen LogP contribution in [0.5, 0.6) is 0 Å². The van der Waals surface area contributed by atoms with Crippen LogP contribution in [0.1, 0.15) is 25.7 Å². The van der Waals surface area contributed by atoms with E-state index in [0.717, 1.165) is 4.83 Å². The van der Waals surface area contributed by atoms with Gasteiger partial charge in [0, 0.05) is 4.83 Å². The summed E-state index contributed by atoms with van der Waals surface area (Å²) in [4.78, 5) is 0.817. The zero-order valence-corrected chi connectivity index (χ0v) is 6.95. The Hall–Kier alpha value is 1.08. The van der Waals surface area contributed by atoms with Crippen LogP contribution in [-0.4, -0.2) is 4.83 Å². The Bertz CT molecular complexity index is 50.5. The molecule has 1 saturated carbocycles. The first-order chi connectivity index (χ1) is 3.39. The molecule has 0 amide bonds. The summed E-state index contributed by atoms with van der Waals surface area (Å²) in [5.41, 5.74) is 0. The predicted molar refractivity (Wildman–Crippen MR) is 35.5 cm³/mol. The molecule has 0 aromatic heterocycles. The van der Waals surface area contributed by atoms with Gasteiger partial charge in [-0.05, 0) is 0 Å². The van der Waals surface area contributed by atoms with Crippen LogP contribution in [0.15, 0.2) is 0 Å². The van der Waals surface area contributed by atoms with Crippen LogP contribution in [0, 0.1) is 6.42 Å². The molecule has 0 heterocycles. The van der Waals surface area contributed by atoms with Crippen LogP contribution in [0.4, 0.5) is 0 Å². The van der Waals surface area contributed by atoms with Crippen LogP contribution in [0.25, 0.3) is 0 Å². The van der Waals surface area contributed by atoms with Gasteiger partial charge in [-0.1, -0.05) is 28.8 Å². The monoisotopic (exact) mass is 168 g/mol. The zero-order chi connectivity index (χ0) is 5.11. The van der Waals surface area contributed by atoms with E-state index in [-0.39, 0.29) is 18.9 Å². The molecule has 0 bridgehead atoms. The standard InChI is InChI=1S/C6H10Br.Li/c7-6-4-2-1-3-5-6;/h1,6H,2-5H2;/q-1;+1. The third kappa shape index (κ3) is 3.17. The molecule has 0 aromatic carbocycles. The Balaban J connectivity index is 0.000000490. The molecule has 0 nitrogen and oxygen atoms in total. The molecule has 0 aromatic rings. The summed E-state index contributed by atoms with van der Waals surface area (Å²) in [7, 11) is 0. The molecule has 0 aliphatic heterocycles. The predicted octanol–water partition coefficient (Wildman–Crippen LogP) is -0.468. The zero-order valence-electron chi connectivity index (χ0n) is 5.36. The largest absolute Gasteiger partial charge is 1.00 e. The van der Waals surface area contributed by atoms with Gasteiger partial charge >= 0.3 is 18.9 Å². The maximum atomic E-state index is 3.57. The van der Waals surface area contributed by atoms with Crippen molar-refractivity contribution in [1.82, 2.24) is 0 Å². The number of hydrogen-bond donors (Lipinski definition) is 0. The Morgan fingerprint density at radius 2 is 1.75 bits per heavy atom. The molecular formula is C6H10BrLi. The van der Waals surface area contributed by atoms with Gasteiger partial charge in [-0.15, -0.1) is 0 Å². The number of rotatable bonds is 0. The molecule has 0 atom stereocenters. The van der Waals surface area contributed by atoms with Crippen molar-refractivity contribution in [3.63, 3.8) is 0 Å². The summed E-state index contributed by atoms with van der Waals surface area (Å²) in [5, 5.41) is 0. The van der Waals surface area contributed by atoms with Crippen molar-refractivity contribution >= 4 is 15.9 Å². The molecular weight excluding hydrogens is 159 g/mol. The maximum absolute atomic E-state index is 3.57. The fourth-order valence-electron chi connectivity index (χ4n) is 0.886. The van der Waals surface area contributed by atoms with Gasteiger partial charge in [-0.3, -0.25) is 0 Å².